The van der Waals surface area contributed by atoms with E-state index in [2.05, 4.69) is 10.2 Å². The molecule has 0 saturated heterocycles. The van der Waals surface area contributed by atoms with Gasteiger partial charge in [-0.25, -0.2) is 19.2 Å². The lowest BCUT2D eigenvalue weighted by Gasteiger charge is -2.22. The molecule has 4 N–H and O–H groups in total. The second kappa shape index (κ2) is 16.4. The van der Waals surface area contributed by atoms with E-state index in [1.165, 1.54) is 0 Å². The van der Waals surface area contributed by atoms with E-state index in [0.29, 0.717) is 50.2 Å². The Morgan fingerprint density at radius 2 is 0.765 bits per heavy atom. The smallest absolute Gasteiger partial charge is 0.341 e. The molecule has 0 atom stereocenters. The molecule has 1 aliphatic rings. The van der Waals surface area contributed by atoms with E-state index in [4.69, 9.17) is 31.2 Å². The first-order valence-electron chi connectivity index (χ1n) is 15.5. The molecule has 0 radical (unpaired) electrons. The normalized spacial score (nSPS) is 11.8. The van der Waals surface area contributed by atoms with E-state index < -0.39 is 50.3 Å². The zero-order chi connectivity index (χ0) is 36.5. The third-order valence-electron chi connectivity index (χ3n) is 7.82. The Kier molecular flexibility index (Phi) is 11.6. The predicted molar refractivity (Wildman–Crippen MR) is 184 cm³/mol. The number of nitrogens with zero attached hydrogens (tertiary/aromatic N) is 1. The van der Waals surface area contributed by atoms with E-state index >= 15 is 0 Å². The summed E-state index contributed by atoms with van der Waals surface area (Å²) in [7, 11) is 0. The van der Waals surface area contributed by atoms with Gasteiger partial charge in [-0.2, -0.15) is 4.99 Å². The average molecular weight is 714 g/mol. The maximum Gasteiger partial charge on any atom is 0.341 e. The summed E-state index contributed by atoms with van der Waals surface area (Å²) in [5, 5.41) is 40.5. The maximum atomic E-state index is 11.7. The van der Waals surface area contributed by atoms with Crippen LogP contribution in [-0.2, 0) is 44.9 Å². The molecule has 5 rings (SSSR count). The van der Waals surface area contributed by atoms with E-state index in [9.17, 15) is 39.6 Å². The number of benzene rings is 4. The molecule has 0 aromatic heterocycles. The summed E-state index contributed by atoms with van der Waals surface area (Å²) in [6, 6.07) is 19.1. The van der Waals surface area contributed by atoms with E-state index in [-0.39, 0.29) is 48.7 Å². The van der Waals surface area contributed by atoms with Crippen LogP contribution < -0.4 is 18.9 Å². The third-order valence-corrected chi connectivity index (χ3v) is 7.91. The van der Waals surface area contributed by atoms with Crippen molar-refractivity contribution in [1.29, 1.82) is 0 Å². The molecule has 0 heterocycles. The molecule has 0 saturated carbocycles. The summed E-state index contributed by atoms with van der Waals surface area (Å²) in [4.78, 5) is 50.9. The number of aliphatic carboxylic acids is 4. The lowest BCUT2D eigenvalue weighted by Crippen LogP contribution is -2.15. The van der Waals surface area contributed by atoms with Gasteiger partial charge in [-0.15, -0.1) is 0 Å². The Hall–Kier alpha value is -6.24. The summed E-state index contributed by atoms with van der Waals surface area (Å²) in [6.07, 6.45) is 0.403. The highest BCUT2D eigenvalue weighted by Crippen LogP contribution is 2.40. The Morgan fingerprint density at radius 1 is 0.510 bits per heavy atom. The van der Waals surface area contributed by atoms with Crippen LogP contribution in [-0.4, -0.2) is 75.9 Å². The Balaban J connectivity index is 1.82. The fraction of sp³-hybridized carbons (Fsp3) is 0.216. The quantitative estimate of drug-likeness (QED) is 0.0945. The van der Waals surface area contributed by atoms with Crippen molar-refractivity contribution in [3.63, 3.8) is 0 Å². The van der Waals surface area contributed by atoms with E-state index in [1.807, 2.05) is 0 Å². The number of carboxylic acid groups (broad SMARTS) is 4. The molecule has 4 aromatic carbocycles. The molecule has 13 nitrogen and oxygen atoms in total. The Bertz CT molecular complexity index is 1940. The molecule has 8 bridgehead atoms. The molecule has 4 aromatic rings. The summed E-state index contributed by atoms with van der Waals surface area (Å²) >= 11 is 4.89. The number of hydrogen-bond acceptors (Lipinski definition) is 10. The largest absolute Gasteiger partial charge is 0.481 e. The number of aliphatic imine (C=N–C) groups is 1. The number of rotatable bonds is 13. The molecule has 51 heavy (non-hydrogen) atoms. The molecular weight excluding hydrogens is 682 g/mol. The minimum atomic E-state index is -1.22. The fourth-order valence-electron chi connectivity index (χ4n) is 5.96. The van der Waals surface area contributed by atoms with Gasteiger partial charge in [0.2, 0.25) is 0 Å². The molecule has 0 fully saturated rings. The number of hydrogen-bond donors (Lipinski definition) is 4. The number of para-hydroxylation sites is 3. The standard InChI is InChI=1S/C37H31NO12S/c39-30(40)16-47-34-21-4-1-5-22(34)11-24-7-3-9-26(36(24)49-18-32(43)44)13-28-15-29(38-20-51)14-27(37(28)50-19-33(45)46)12-25-8-2-6-23(10-21)35(25)48-17-31(41)42/h1-9,14-15H,10-13,16-19H2,(H,39,40)(H,41,42)(H,43,44)(H,45,46). The van der Waals surface area contributed by atoms with Crippen molar-refractivity contribution < 1.29 is 58.6 Å². The number of ether oxygens (including phenoxy) is 4. The van der Waals surface area contributed by atoms with Gasteiger partial charge in [0.05, 0.1) is 10.8 Å². The van der Waals surface area contributed by atoms with Crippen LogP contribution in [0.15, 0.2) is 71.7 Å². The molecule has 0 aliphatic heterocycles. The van der Waals surface area contributed by atoms with Crippen molar-refractivity contribution in [3.05, 3.63) is 111 Å². The Morgan fingerprint density at radius 3 is 1.02 bits per heavy atom. The number of carbonyl (C=O) groups is 4. The number of isothiocyanates is 1. The van der Waals surface area contributed by atoms with Crippen molar-refractivity contribution in [3.8, 4) is 23.0 Å². The number of carboxylic acids is 4. The van der Waals surface area contributed by atoms with Gasteiger partial charge in [0.15, 0.2) is 26.4 Å². The third kappa shape index (κ3) is 9.26. The summed E-state index contributed by atoms with van der Waals surface area (Å²) in [5.41, 5.74) is 4.66. The van der Waals surface area contributed by atoms with Crippen LogP contribution in [0.3, 0.4) is 0 Å². The molecule has 262 valence electrons. The SMILES string of the molecule is O=C(O)COc1c2cccc1Cc1cccc(c1OCC(=O)O)Cc1cc(N=C=S)cc(c1OCC(=O)O)Cc1cccc(c1OCC(=O)O)C2. The Labute approximate surface area is 296 Å². The lowest BCUT2D eigenvalue weighted by molar-refractivity contribution is -0.140. The topological polar surface area (TPSA) is 198 Å². The zero-order valence-electron chi connectivity index (χ0n) is 26.9. The van der Waals surface area contributed by atoms with Crippen LogP contribution in [0.25, 0.3) is 0 Å². The first kappa shape index (κ1) is 36.1. The molecular formula is C37H31NO12S. The van der Waals surface area contributed by atoms with Gasteiger partial charge < -0.3 is 39.4 Å². The van der Waals surface area contributed by atoms with Gasteiger partial charge in [-0.3, -0.25) is 0 Å². The van der Waals surface area contributed by atoms with Gasteiger partial charge in [-0.1, -0.05) is 54.6 Å². The van der Waals surface area contributed by atoms with Crippen molar-refractivity contribution in [2.45, 2.75) is 25.7 Å². The monoisotopic (exact) mass is 713 g/mol. The fourth-order valence-corrected chi connectivity index (χ4v) is 6.07. The number of fused-ring (bicyclic) bond motifs is 8. The van der Waals surface area contributed by atoms with Crippen LogP contribution in [0.1, 0.15) is 44.5 Å². The van der Waals surface area contributed by atoms with Crippen molar-refractivity contribution in [2.75, 3.05) is 26.4 Å². The van der Waals surface area contributed by atoms with Crippen LogP contribution in [0, 0.1) is 0 Å². The minimum Gasteiger partial charge on any atom is -0.481 e. The van der Waals surface area contributed by atoms with Crippen LogP contribution in [0.5, 0.6) is 23.0 Å². The predicted octanol–water partition coefficient (Wildman–Crippen LogP) is 4.95. The second-order valence-electron chi connectivity index (χ2n) is 11.4. The van der Waals surface area contributed by atoms with Crippen LogP contribution >= 0.6 is 12.2 Å². The minimum absolute atomic E-state index is 0.0658. The second-order valence-corrected chi connectivity index (χ2v) is 11.6. The molecule has 0 amide bonds. The van der Waals surface area contributed by atoms with E-state index in [0.717, 1.165) is 0 Å². The molecule has 0 unspecified atom stereocenters. The van der Waals surface area contributed by atoms with Crippen molar-refractivity contribution in [2.24, 2.45) is 4.99 Å². The molecule has 14 heteroatoms. The average Bonchev–Trinajstić information content (AvgIpc) is 3.06. The highest BCUT2D eigenvalue weighted by atomic mass is 32.1. The maximum absolute atomic E-state index is 11.7. The molecule has 0 spiro atoms. The zero-order valence-corrected chi connectivity index (χ0v) is 27.7. The van der Waals surface area contributed by atoms with Gasteiger partial charge >= 0.3 is 23.9 Å². The van der Waals surface area contributed by atoms with Crippen molar-refractivity contribution >= 4 is 46.9 Å². The van der Waals surface area contributed by atoms with Gasteiger partial charge in [0, 0.05) is 36.8 Å². The summed E-state index contributed by atoms with van der Waals surface area (Å²) in [5.74, 6) is -3.83. The number of thiocarbonyl (C=S) groups is 1. The van der Waals surface area contributed by atoms with Gasteiger partial charge in [-0.05, 0) is 57.7 Å². The first-order chi connectivity index (χ1) is 24.5. The molecule has 1 aliphatic carbocycles. The lowest BCUT2D eigenvalue weighted by atomic mass is 9.91. The summed E-state index contributed by atoms with van der Waals surface area (Å²) in [6.45, 7) is -2.66. The summed E-state index contributed by atoms with van der Waals surface area (Å²) < 4.78 is 23.5. The van der Waals surface area contributed by atoms with Crippen LogP contribution in [0.4, 0.5) is 5.69 Å². The van der Waals surface area contributed by atoms with Crippen molar-refractivity contribution in [1.82, 2.24) is 0 Å². The van der Waals surface area contributed by atoms with Gasteiger partial charge in [0.1, 0.15) is 23.0 Å². The van der Waals surface area contributed by atoms with E-state index in [1.54, 1.807) is 66.7 Å². The first-order valence-corrected chi connectivity index (χ1v) is 15.9. The highest BCUT2D eigenvalue weighted by Gasteiger charge is 2.23. The van der Waals surface area contributed by atoms with Crippen LogP contribution in [0.2, 0.25) is 0 Å². The highest BCUT2D eigenvalue weighted by molar-refractivity contribution is 7.78. The van der Waals surface area contributed by atoms with Gasteiger partial charge in [0.25, 0.3) is 0 Å².